The van der Waals surface area contributed by atoms with E-state index in [-0.39, 0.29) is 24.4 Å². The Balaban J connectivity index is 2.07. The van der Waals surface area contributed by atoms with Gasteiger partial charge in [-0.3, -0.25) is 9.59 Å². The standard InChI is InChI=1S/C21H29N3O2S/c1-15(2)12-16-7-9-17(10-8-16)21(18-6-5-11-27-18)23-13-20(26)24(4)14-19(25)22-3/h5-11,15,21,23H,12-14H2,1-4H3,(H,22,25)/p+1/t21-/m0/s1. The lowest BCUT2D eigenvalue weighted by Crippen LogP contribution is -2.87. The van der Waals surface area contributed by atoms with E-state index in [2.05, 4.69) is 54.9 Å². The largest absolute Gasteiger partial charge is 0.358 e. The van der Waals surface area contributed by atoms with E-state index in [0.29, 0.717) is 12.5 Å². The summed E-state index contributed by atoms with van der Waals surface area (Å²) in [6, 6.07) is 12.9. The van der Waals surface area contributed by atoms with E-state index in [4.69, 9.17) is 0 Å². The molecule has 0 saturated heterocycles. The Morgan fingerprint density at radius 3 is 2.44 bits per heavy atom. The predicted octanol–water partition coefficient (Wildman–Crippen LogP) is 1.80. The van der Waals surface area contributed by atoms with Gasteiger partial charge in [-0.15, -0.1) is 11.3 Å². The summed E-state index contributed by atoms with van der Waals surface area (Å²) in [6.07, 6.45) is 1.07. The number of benzene rings is 1. The van der Waals surface area contributed by atoms with Crippen LogP contribution in [0.15, 0.2) is 41.8 Å². The summed E-state index contributed by atoms with van der Waals surface area (Å²) >= 11 is 1.69. The zero-order chi connectivity index (χ0) is 19.8. The quantitative estimate of drug-likeness (QED) is 0.688. The fourth-order valence-electron chi connectivity index (χ4n) is 2.97. The number of nitrogens with two attached hydrogens (primary N) is 1. The maximum Gasteiger partial charge on any atom is 0.277 e. The second-order valence-electron chi connectivity index (χ2n) is 7.20. The number of nitrogens with zero attached hydrogens (tertiary/aromatic N) is 1. The van der Waals surface area contributed by atoms with Crippen molar-refractivity contribution in [3.05, 3.63) is 57.8 Å². The van der Waals surface area contributed by atoms with E-state index < -0.39 is 0 Å². The first-order valence-electron chi connectivity index (χ1n) is 9.30. The van der Waals surface area contributed by atoms with Crippen LogP contribution in [-0.4, -0.2) is 43.9 Å². The van der Waals surface area contributed by atoms with Crippen LogP contribution in [-0.2, 0) is 16.0 Å². The molecule has 0 fully saturated rings. The molecule has 1 heterocycles. The number of hydrogen-bond acceptors (Lipinski definition) is 3. The minimum Gasteiger partial charge on any atom is -0.358 e. The molecule has 0 spiro atoms. The number of amides is 2. The van der Waals surface area contributed by atoms with Crippen molar-refractivity contribution in [2.45, 2.75) is 26.3 Å². The first-order valence-corrected chi connectivity index (χ1v) is 10.2. The average molecular weight is 389 g/mol. The number of hydrogen-bond donors (Lipinski definition) is 2. The predicted molar refractivity (Wildman–Crippen MR) is 110 cm³/mol. The number of carbonyl (C=O) groups excluding carboxylic acids is 2. The molecule has 27 heavy (non-hydrogen) atoms. The van der Waals surface area contributed by atoms with Crippen molar-refractivity contribution in [3.63, 3.8) is 0 Å². The molecule has 0 aliphatic rings. The zero-order valence-corrected chi connectivity index (χ0v) is 17.4. The number of thiophene rings is 1. The van der Waals surface area contributed by atoms with Gasteiger partial charge in [0.05, 0.1) is 11.4 Å². The molecule has 3 N–H and O–H groups in total. The van der Waals surface area contributed by atoms with Gasteiger partial charge in [-0.1, -0.05) is 44.2 Å². The second kappa shape index (κ2) is 10.2. The van der Waals surface area contributed by atoms with E-state index in [1.807, 2.05) is 11.4 Å². The Hall–Kier alpha value is -2.18. The third kappa shape index (κ3) is 6.48. The van der Waals surface area contributed by atoms with E-state index in [1.165, 1.54) is 20.9 Å². The highest BCUT2D eigenvalue weighted by Gasteiger charge is 2.22. The number of rotatable bonds is 9. The van der Waals surface area contributed by atoms with Crippen molar-refractivity contribution in [3.8, 4) is 0 Å². The number of nitrogens with one attached hydrogen (secondary N) is 1. The summed E-state index contributed by atoms with van der Waals surface area (Å²) in [5.74, 6) is 0.405. The third-order valence-electron chi connectivity index (χ3n) is 4.45. The molecule has 5 nitrogen and oxygen atoms in total. The summed E-state index contributed by atoms with van der Waals surface area (Å²) in [5.41, 5.74) is 2.52. The Morgan fingerprint density at radius 1 is 1.19 bits per heavy atom. The van der Waals surface area contributed by atoms with E-state index in [1.54, 1.807) is 25.4 Å². The smallest absolute Gasteiger partial charge is 0.277 e. The number of quaternary nitrogens is 1. The fraction of sp³-hybridized carbons (Fsp3) is 0.429. The van der Waals surface area contributed by atoms with Crippen LogP contribution in [0, 0.1) is 5.92 Å². The van der Waals surface area contributed by atoms with Crippen LogP contribution in [0.2, 0.25) is 0 Å². The van der Waals surface area contributed by atoms with Crippen LogP contribution in [0.5, 0.6) is 0 Å². The summed E-state index contributed by atoms with van der Waals surface area (Å²) in [5, 5.41) is 6.65. The summed E-state index contributed by atoms with van der Waals surface area (Å²) in [7, 11) is 3.23. The highest BCUT2D eigenvalue weighted by molar-refractivity contribution is 7.10. The Labute approximate surface area is 165 Å². The van der Waals surface area contributed by atoms with Gasteiger partial charge in [0, 0.05) is 19.7 Å². The van der Waals surface area contributed by atoms with Gasteiger partial charge < -0.3 is 15.5 Å². The normalized spacial score (nSPS) is 12.0. The molecule has 2 rings (SSSR count). The lowest BCUT2D eigenvalue weighted by atomic mass is 9.99. The van der Waals surface area contributed by atoms with E-state index in [0.717, 1.165) is 6.42 Å². The zero-order valence-electron chi connectivity index (χ0n) is 16.6. The van der Waals surface area contributed by atoms with Gasteiger partial charge in [0.15, 0.2) is 6.54 Å². The molecule has 1 aromatic heterocycles. The molecule has 2 amide bonds. The molecule has 6 heteroatoms. The maximum absolute atomic E-state index is 12.4. The van der Waals surface area contributed by atoms with Gasteiger partial charge in [-0.2, -0.15) is 0 Å². The van der Waals surface area contributed by atoms with Gasteiger partial charge in [0.2, 0.25) is 5.91 Å². The van der Waals surface area contributed by atoms with Crippen molar-refractivity contribution in [2.75, 3.05) is 27.2 Å². The summed E-state index contributed by atoms with van der Waals surface area (Å²) in [6.45, 7) is 4.81. The average Bonchev–Trinajstić information content (AvgIpc) is 3.16. The molecular formula is C21H30N3O2S+. The molecule has 1 atom stereocenters. The van der Waals surface area contributed by atoms with Crippen molar-refractivity contribution < 1.29 is 14.9 Å². The topological polar surface area (TPSA) is 66.0 Å². The van der Waals surface area contributed by atoms with Crippen LogP contribution in [0.3, 0.4) is 0 Å². The minimum atomic E-state index is -0.165. The summed E-state index contributed by atoms with van der Waals surface area (Å²) in [4.78, 5) is 26.5. The first-order chi connectivity index (χ1) is 12.9. The van der Waals surface area contributed by atoms with Gasteiger partial charge in [-0.05, 0) is 29.3 Å². The van der Waals surface area contributed by atoms with Crippen molar-refractivity contribution in [1.29, 1.82) is 0 Å². The first kappa shape index (κ1) is 21.1. The van der Waals surface area contributed by atoms with Crippen molar-refractivity contribution in [2.24, 2.45) is 5.92 Å². The van der Waals surface area contributed by atoms with Crippen LogP contribution in [0.4, 0.5) is 0 Å². The fourth-order valence-corrected chi connectivity index (χ4v) is 3.82. The molecule has 0 aliphatic carbocycles. The molecule has 0 radical (unpaired) electrons. The molecular weight excluding hydrogens is 358 g/mol. The molecule has 2 aromatic rings. The van der Waals surface area contributed by atoms with Gasteiger partial charge in [0.1, 0.15) is 6.04 Å². The highest BCUT2D eigenvalue weighted by Crippen LogP contribution is 2.23. The molecule has 146 valence electrons. The van der Waals surface area contributed by atoms with E-state index in [9.17, 15) is 9.59 Å². The van der Waals surface area contributed by atoms with Crippen LogP contribution < -0.4 is 10.6 Å². The molecule has 0 aliphatic heterocycles. The van der Waals surface area contributed by atoms with Crippen molar-refractivity contribution >= 4 is 23.2 Å². The Morgan fingerprint density at radius 2 is 1.89 bits per heavy atom. The minimum absolute atomic E-state index is 0.0587. The summed E-state index contributed by atoms with van der Waals surface area (Å²) < 4.78 is 0. The monoisotopic (exact) mass is 388 g/mol. The van der Waals surface area contributed by atoms with Gasteiger partial charge in [-0.25, -0.2) is 0 Å². The van der Waals surface area contributed by atoms with Gasteiger partial charge in [0.25, 0.3) is 5.91 Å². The van der Waals surface area contributed by atoms with Crippen molar-refractivity contribution in [1.82, 2.24) is 10.2 Å². The lowest BCUT2D eigenvalue weighted by Gasteiger charge is -2.19. The lowest BCUT2D eigenvalue weighted by molar-refractivity contribution is -0.676. The maximum atomic E-state index is 12.4. The van der Waals surface area contributed by atoms with E-state index >= 15 is 0 Å². The van der Waals surface area contributed by atoms with Crippen LogP contribution >= 0.6 is 11.3 Å². The molecule has 0 unspecified atom stereocenters. The SMILES string of the molecule is CNC(=O)CN(C)C(=O)C[NH2+][C@@H](c1ccc(CC(C)C)cc1)c1cccs1. The molecule has 0 saturated carbocycles. The van der Waals surface area contributed by atoms with Crippen LogP contribution in [0.25, 0.3) is 0 Å². The molecule has 0 bridgehead atoms. The Bertz CT molecular complexity index is 726. The number of carbonyl (C=O) groups is 2. The van der Waals surface area contributed by atoms with Gasteiger partial charge >= 0.3 is 0 Å². The Kier molecular flexibility index (Phi) is 8.00. The van der Waals surface area contributed by atoms with Crippen LogP contribution in [0.1, 0.15) is 35.9 Å². The third-order valence-corrected chi connectivity index (χ3v) is 5.40. The second-order valence-corrected chi connectivity index (χ2v) is 8.17. The highest BCUT2D eigenvalue weighted by atomic mass is 32.1. The number of likely N-dealkylation sites (N-methyl/N-ethyl adjacent to an activating group) is 2. The molecule has 1 aromatic carbocycles.